The van der Waals surface area contributed by atoms with Crippen molar-refractivity contribution in [3.05, 3.63) is 34.8 Å². The van der Waals surface area contributed by atoms with Crippen LogP contribution in [0.1, 0.15) is 41.9 Å². The number of aliphatic hydroxyl groups is 1. The van der Waals surface area contributed by atoms with Crippen LogP contribution >= 0.6 is 11.3 Å². The van der Waals surface area contributed by atoms with Gasteiger partial charge in [-0.05, 0) is 39.0 Å². The van der Waals surface area contributed by atoms with Crippen molar-refractivity contribution in [3.8, 4) is 16.3 Å². The molecule has 3 heterocycles. The molecule has 2 atom stereocenters. The summed E-state index contributed by atoms with van der Waals surface area (Å²) in [4.78, 5) is 32.1. The fourth-order valence-electron chi connectivity index (χ4n) is 4.22. The van der Waals surface area contributed by atoms with Gasteiger partial charge in [-0.25, -0.2) is 9.78 Å². The van der Waals surface area contributed by atoms with E-state index in [2.05, 4.69) is 4.98 Å². The number of carbonyl (C=O) groups excluding carboxylic acids is 2. The Balaban J connectivity index is 1.51. The lowest BCUT2D eigenvalue weighted by molar-refractivity contribution is -0.144. The summed E-state index contributed by atoms with van der Waals surface area (Å²) in [6, 6.07) is 5.22. The molecule has 0 spiro atoms. The number of ether oxygens (including phenoxy) is 3. The highest BCUT2D eigenvalue weighted by Crippen LogP contribution is 2.39. The van der Waals surface area contributed by atoms with E-state index in [-0.39, 0.29) is 25.0 Å². The van der Waals surface area contributed by atoms with E-state index in [1.54, 1.807) is 37.1 Å². The Morgan fingerprint density at radius 3 is 2.81 bits per heavy atom. The molecule has 8 nitrogen and oxygen atoms in total. The maximum Gasteiger partial charge on any atom is 0.338 e. The van der Waals surface area contributed by atoms with E-state index in [1.807, 2.05) is 13.0 Å². The zero-order chi connectivity index (χ0) is 23.1. The summed E-state index contributed by atoms with van der Waals surface area (Å²) >= 11 is 1.53. The molecule has 9 heteroatoms. The summed E-state index contributed by atoms with van der Waals surface area (Å²) in [5.74, 6) is -0.0233. The molecule has 2 bridgehead atoms. The van der Waals surface area contributed by atoms with Gasteiger partial charge in [0.2, 0.25) is 5.91 Å². The van der Waals surface area contributed by atoms with Gasteiger partial charge in [-0.3, -0.25) is 4.79 Å². The van der Waals surface area contributed by atoms with E-state index >= 15 is 0 Å². The monoisotopic (exact) mass is 460 g/mol. The number of methoxy groups -OCH3 is 1. The first-order chi connectivity index (χ1) is 15.1. The first-order valence-corrected chi connectivity index (χ1v) is 11.3. The molecule has 2 saturated heterocycles. The van der Waals surface area contributed by atoms with Gasteiger partial charge in [0.05, 0.1) is 43.9 Å². The van der Waals surface area contributed by atoms with Crippen molar-refractivity contribution >= 4 is 23.2 Å². The van der Waals surface area contributed by atoms with Crippen LogP contribution in [0.3, 0.4) is 0 Å². The fourth-order valence-corrected chi connectivity index (χ4v) is 4.98. The second kappa shape index (κ2) is 8.46. The van der Waals surface area contributed by atoms with E-state index < -0.39 is 17.2 Å². The zero-order valence-corrected chi connectivity index (χ0v) is 19.5. The second-order valence-corrected chi connectivity index (χ2v) is 10.4. The Morgan fingerprint density at radius 2 is 2.16 bits per heavy atom. The second-order valence-electron chi connectivity index (χ2n) is 9.17. The lowest BCUT2D eigenvalue weighted by atomic mass is 10.0. The number of thiazole rings is 1. The number of benzene rings is 1. The molecule has 2 fully saturated rings. The molecular formula is C23H28N2O6S. The normalized spacial score (nSPS) is 22.3. The summed E-state index contributed by atoms with van der Waals surface area (Å²) in [6.45, 7) is 6.35. The van der Waals surface area contributed by atoms with Crippen molar-refractivity contribution in [2.45, 2.75) is 50.9 Å². The molecule has 2 unspecified atom stereocenters. The van der Waals surface area contributed by atoms with Gasteiger partial charge in [-0.1, -0.05) is 0 Å². The van der Waals surface area contributed by atoms with Crippen LogP contribution in [0.15, 0.2) is 24.4 Å². The third-order valence-corrected chi connectivity index (χ3v) is 6.65. The molecule has 1 aromatic heterocycles. The molecular weight excluding hydrogens is 432 g/mol. The zero-order valence-electron chi connectivity index (χ0n) is 18.7. The molecule has 0 radical (unpaired) electrons. The van der Waals surface area contributed by atoms with Crippen LogP contribution in [-0.2, 0) is 14.3 Å². The number of esters is 1. The van der Waals surface area contributed by atoms with E-state index in [0.29, 0.717) is 30.9 Å². The van der Waals surface area contributed by atoms with E-state index in [0.717, 1.165) is 15.4 Å². The standard InChI is InChI=1S/C23H28N2O6S/c1-14-10-24-20(32-14)15-5-16(21(27)29-4)7-18(6-15)30-13-23-8-17(11-31-23)25(12-23)19(26)9-22(2,3)28/h5-7,10,17,28H,8-9,11-13H2,1-4H3. The van der Waals surface area contributed by atoms with Crippen molar-refractivity contribution in [3.63, 3.8) is 0 Å². The number of aryl methyl sites for hydroxylation is 1. The minimum atomic E-state index is -1.05. The number of amides is 1. The number of nitrogens with zero attached hydrogens (tertiary/aromatic N) is 2. The smallest absolute Gasteiger partial charge is 0.338 e. The third kappa shape index (κ3) is 4.79. The fraction of sp³-hybridized carbons (Fsp3) is 0.522. The quantitative estimate of drug-likeness (QED) is 0.635. The number of likely N-dealkylation sites (tertiary alicyclic amines) is 1. The van der Waals surface area contributed by atoms with Crippen molar-refractivity contribution in [1.29, 1.82) is 0 Å². The van der Waals surface area contributed by atoms with E-state index in [1.165, 1.54) is 18.4 Å². The van der Waals surface area contributed by atoms with Crippen LogP contribution < -0.4 is 4.74 Å². The highest BCUT2D eigenvalue weighted by Gasteiger charge is 2.53. The predicted molar refractivity (Wildman–Crippen MR) is 119 cm³/mol. The molecule has 0 saturated carbocycles. The number of rotatable bonds is 7. The number of hydrogen-bond donors (Lipinski definition) is 1. The SMILES string of the molecule is COC(=O)c1cc(OCC23CC(CO2)N(C(=O)CC(C)(C)O)C3)cc(-c2ncc(C)s2)c1. The Hall–Kier alpha value is -2.49. The van der Waals surface area contributed by atoms with Gasteiger partial charge in [0, 0.05) is 23.1 Å². The predicted octanol–water partition coefficient (Wildman–Crippen LogP) is 2.81. The van der Waals surface area contributed by atoms with Gasteiger partial charge >= 0.3 is 5.97 Å². The average molecular weight is 461 g/mol. The van der Waals surface area contributed by atoms with Crippen LogP contribution in [0.5, 0.6) is 5.75 Å². The number of morpholine rings is 1. The molecule has 32 heavy (non-hydrogen) atoms. The number of aromatic nitrogens is 1. The van der Waals surface area contributed by atoms with Gasteiger partial charge in [-0.2, -0.15) is 0 Å². The van der Waals surface area contributed by atoms with Crippen LogP contribution in [0.25, 0.3) is 10.6 Å². The summed E-state index contributed by atoms with van der Waals surface area (Å²) in [6.07, 6.45) is 2.53. The molecule has 1 N–H and O–H groups in total. The van der Waals surface area contributed by atoms with Crippen LogP contribution in [-0.4, -0.2) is 71.0 Å². The molecule has 2 aromatic rings. The maximum absolute atomic E-state index is 12.6. The Morgan fingerprint density at radius 1 is 1.38 bits per heavy atom. The Bertz CT molecular complexity index is 1030. The molecule has 172 valence electrons. The molecule has 2 aliphatic rings. The minimum Gasteiger partial charge on any atom is -0.490 e. The molecule has 0 aliphatic carbocycles. The van der Waals surface area contributed by atoms with Crippen molar-refractivity contribution in [2.75, 3.05) is 26.9 Å². The van der Waals surface area contributed by atoms with Crippen molar-refractivity contribution in [1.82, 2.24) is 9.88 Å². The number of fused-ring (bicyclic) bond motifs is 2. The van der Waals surface area contributed by atoms with Crippen LogP contribution in [0, 0.1) is 6.92 Å². The highest BCUT2D eigenvalue weighted by molar-refractivity contribution is 7.14. The van der Waals surface area contributed by atoms with Gasteiger partial charge in [-0.15, -0.1) is 11.3 Å². The van der Waals surface area contributed by atoms with Crippen LogP contribution in [0.4, 0.5) is 0 Å². The van der Waals surface area contributed by atoms with Gasteiger partial charge in [0.15, 0.2) is 0 Å². The largest absolute Gasteiger partial charge is 0.490 e. The average Bonchev–Trinajstić information content (AvgIpc) is 3.45. The van der Waals surface area contributed by atoms with Crippen LogP contribution in [0.2, 0.25) is 0 Å². The first kappa shape index (κ1) is 22.7. The van der Waals surface area contributed by atoms with Gasteiger partial charge in [0.25, 0.3) is 0 Å². The van der Waals surface area contributed by atoms with Gasteiger partial charge in [0.1, 0.15) is 23.0 Å². The lowest BCUT2D eigenvalue weighted by Crippen LogP contribution is -2.49. The highest BCUT2D eigenvalue weighted by atomic mass is 32.1. The van der Waals surface area contributed by atoms with E-state index in [4.69, 9.17) is 14.2 Å². The van der Waals surface area contributed by atoms with Gasteiger partial charge < -0.3 is 24.2 Å². The summed E-state index contributed by atoms with van der Waals surface area (Å²) in [5.41, 5.74) is -0.498. The first-order valence-electron chi connectivity index (χ1n) is 10.5. The maximum atomic E-state index is 12.6. The lowest BCUT2D eigenvalue weighted by Gasteiger charge is -2.34. The summed E-state index contributed by atoms with van der Waals surface area (Å²) < 4.78 is 17.0. The van der Waals surface area contributed by atoms with Crippen molar-refractivity contribution in [2.24, 2.45) is 0 Å². The Labute approximate surface area is 191 Å². The summed E-state index contributed by atoms with van der Waals surface area (Å²) in [5, 5.41) is 10.8. The van der Waals surface area contributed by atoms with E-state index in [9.17, 15) is 14.7 Å². The number of hydrogen-bond acceptors (Lipinski definition) is 8. The molecule has 1 aromatic carbocycles. The van der Waals surface area contributed by atoms with Crippen molar-refractivity contribution < 1.29 is 28.9 Å². The summed E-state index contributed by atoms with van der Waals surface area (Å²) in [7, 11) is 1.34. The topological polar surface area (TPSA) is 98.2 Å². The number of carbonyl (C=O) groups is 2. The minimum absolute atomic E-state index is 0.0105. The Kier molecular flexibility index (Phi) is 6.00. The molecule has 1 amide bonds. The molecule has 4 rings (SSSR count). The molecule has 2 aliphatic heterocycles. The third-order valence-electron chi connectivity index (χ3n) is 5.69.